The summed E-state index contributed by atoms with van der Waals surface area (Å²) in [5.74, 6) is -0.0157. The molecule has 3 nitrogen and oxygen atoms in total. The van der Waals surface area contributed by atoms with Crippen LogP contribution in [0.4, 0.5) is 5.69 Å². The van der Waals surface area contributed by atoms with E-state index in [0.717, 1.165) is 29.7 Å². The highest BCUT2D eigenvalue weighted by Crippen LogP contribution is 2.21. The predicted octanol–water partition coefficient (Wildman–Crippen LogP) is 5.07. The Hall–Kier alpha value is -2.91. The van der Waals surface area contributed by atoms with Crippen LogP contribution in [-0.2, 0) is 17.6 Å². The van der Waals surface area contributed by atoms with Crippen LogP contribution >= 0.6 is 0 Å². The van der Waals surface area contributed by atoms with Crippen LogP contribution in [-0.4, -0.2) is 12.5 Å². The monoisotopic (exact) mass is 372 g/mol. The minimum absolute atomic E-state index is 0.0157. The molecule has 0 unspecified atom stereocenters. The Morgan fingerprint density at radius 2 is 1.57 bits per heavy atom. The number of nitrogens with one attached hydrogen (secondary N) is 2. The number of hydrogen-bond acceptors (Lipinski definition) is 2. The minimum Gasteiger partial charge on any atom is -0.324 e. The zero-order valence-corrected chi connectivity index (χ0v) is 16.6. The van der Waals surface area contributed by atoms with Gasteiger partial charge >= 0.3 is 0 Å². The highest BCUT2D eigenvalue weighted by atomic mass is 16.1. The first-order valence-electron chi connectivity index (χ1n) is 9.88. The van der Waals surface area contributed by atoms with E-state index in [4.69, 9.17) is 0 Å². The van der Waals surface area contributed by atoms with E-state index < -0.39 is 0 Å². The van der Waals surface area contributed by atoms with Crippen molar-refractivity contribution in [3.05, 3.63) is 101 Å². The van der Waals surface area contributed by atoms with E-state index in [-0.39, 0.29) is 18.5 Å². The standard InChI is InChI=1S/C25H28N2O/c1-3-21-16-10-11-19(2)25(21)27-24(28)18-26-23(22-14-8-5-9-15-22)17-20-12-6-4-7-13-20/h4-16,23,26H,3,17-18H2,1-2H3,(H,27,28)/t23-/m1/s1. The Morgan fingerprint density at radius 3 is 2.25 bits per heavy atom. The van der Waals surface area contributed by atoms with Gasteiger partial charge in [-0.1, -0.05) is 85.8 Å². The number of amides is 1. The van der Waals surface area contributed by atoms with Crippen molar-refractivity contribution in [1.82, 2.24) is 5.32 Å². The Bertz CT molecular complexity index is 891. The average molecular weight is 373 g/mol. The quantitative estimate of drug-likeness (QED) is 0.580. The number of hydrogen-bond donors (Lipinski definition) is 2. The summed E-state index contributed by atoms with van der Waals surface area (Å²) in [6.07, 6.45) is 1.73. The molecule has 0 spiro atoms. The lowest BCUT2D eigenvalue weighted by Crippen LogP contribution is -2.32. The largest absolute Gasteiger partial charge is 0.324 e. The van der Waals surface area contributed by atoms with Crippen molar-refractivity contribution >= 4 is 11.6 Å². The molecule has 28 heavy (non-hydrogen) atoms. The van der Waals surface area contributed by atoms with Gasteiger partial charge in [0, 0.05) is 11.7 Å². The van der Waals surface area contributed by atoms with Gasteiger partial charge in [-0.2, -0.15) is 0 Å². The van der Waals surface area contributed by atoms with Gasteiger partial charge in [0.05, 0.1) is 6.54 Å². The van der Waals surface area contributed by atoms with E-state index >= 15 is 0 Å². The van der Waals surface area contributed by atoms with Crippen LogP contribution in [0.2, 0.25) is 0 Å². The summed E-state index contributed by atoms with van der Waals surface area (Å²) in [4.78, 5) is 12.6. The Labute approximate surface area is 167 Å². The first-order chi connectivity index (χ1) is 13.7. The summed E-state index contributed by atoms with van der Waals surface area (Å²) < 4.78 is 0. The van der Waals surface area contributed by atoms with Crippen LogP contribution in [0.15, 0.2) is 78.9 Å². The smallest absolute Gasteiger partial charge is 0.238 e. The molecule has 144 valence electrons. The van der Waals surface area contributed by atoms with E-state index in [0.29, 0.717) is 0 Å². The molecule has 3 aromatic carbocycles. The zero-order chi connectivity index (χ0) is 19.8. The lowest BCUT2D eigenvalue weighted by molar-refractivity contribution is -0.115. The molecular weight excluding hydrogens is 344 g/mol. The van der Waals surface area contributed by atoms with Gasteiger partial charge in [-0.3, -0.25) is 4.79 Å². The Kier molecular flexibility index (Phi) is 6.99. The maximum absolute atomic E-state index is 12.6. The van der Waals surface area contributed by atoms with Gasteiger partial charge in [-0.25, -0.2) is 0 Å². The fraction of sp³-hybridized carbons (Fsp3) is 0.240. The summed E-state index contributed by atoms with van der Waals surface area (Å²) in [5.41, 5.74) is 5.63. The lowest BCUT2D eigenvalue weighted by Gasteiger charge is -2.20. The molecule has 3 heteroatoms. The molecule has 0 aliphatic heterocycles. The van der Waals surface area contributed by atoms with Crippen molar-refractivity contribution in [2.75, 3.05) is 11.9 Å². The van der Waals surface area contributed by atoms with Crippen LogP contribution in [0.3, 0.4) is 0 Å². The van der Waals surface area contributed by atoms with E-state index in [2.05, 4.69) is 60.0 Å². The molecule has 0 aromatic heterocycles. The number of para-hydroxylation sites is 1. The first-order valence-corrected chi connectivity index (χ1v) is 9.88. The number of anilines is 1. The van der Waals surface area contributed by atoms with Crippen LogP contribution in [0.1, 0.15) is 35.2 Å². The van der Waals surface area contributed by atoms with Gasteiger partial charge in [0.1, 0.15) is 0 Å². The maximum atomic E-state index is 12.6. The predicted molar refractivity (Wildman–Crippen MR) is 117 cm³/mol. The van der Waals surface area contributed by atoms with Crippen molar-refractivity contribution in [2.24, 2.45) is 0 Å². The van der Waals surface area contributed by atoms with Crippen molar-refractivity contribution in [3.8, 4) is 0 Å². The zero-order valence-electron chi connectivity index (χ0n) is 16.6. The van der Waals surface area contributed by atoms with Crippen LogP contribution in [0.25, 0.3) is 0 Å². The third kappa shape index (κ3) is 5.30. The summed E-state index contributed by atoms with van der Waals surface area (Å²) >= 11 is 0. The number of rotatable bonds is 8. The van der Waals surface area contributed by atoms with Crippen molar-refractivity contribution in [2.45, 2.75) is 32.7 Å². The SMILES string of the molecule is CCc1cccc(C)c1NC(=O)CN[C@H](Cc1ccccc1)c1ccccc1. The van der Waals surface area contributed by atoms with Crippen molar-refractivity contribution in [3.63, 3.8) is 0 Å². The lowest BCUT2D eigenvalue weighted by atomic mass is 9.99. The first kappa shape index (κ1) is 19.8. The molecule has 1 amide bonds. The van der Waals surface area contributed by atoms with Crippen LogP contribution in [0, 0.1) is 6.92 Å². The normalized spacial score (nSPS) is 11.8. The van der Waals surface area contributed by atoms with Crippen LogP contribution < -0.4 is 10.6 Å². The molecule has 3 aromatic rings. The molecule has 0 saturated carbocycles. The molecule has 1 atom stereocenters. The Morgan fingerprint density at radius 1 is 0.893 bits per heavy atom. The fourth-order valence-electron chi connectivity index (χ4n) is 3.44. The number of benzene rings is 3. The van der Waals surface area contributed by atoms with Gasteiger partial charge < -0.3 is 10.6 Å². The summed E-state index contributed by atoms with van der Waals surface area (Å²) in [7, 11) is 0. The molecule has 0 heterocycles. The molecule has 2 N–H and O–H groups in total. The van der Waals surface area contributed by atoms with Gasteiger partial charge in [0.2, 0.25) is 5.91 Å². The van der Waals surface area contributed by atoms with E-state index in [9.17, 15) is 4.79 Å². The second-order valence-corrected chi connectivity index (χ2v) is 7.04. The number of carbonyl (C=O) groups excluding carboxylic acids is 1. The summed E-state index contributed by atoms with van der Waals surface area (Å²) in [6, 6.07) is 26.9. The number of aryl methyl sites for hydroxylation is 2. The van der Waals surface area contributed by atoms with Crippen LogP contribution in [0.5, 0.6) is 0 Å². The highest BCUT2D eigenvalue weighted by molar-refractivity contribution is 5.93. The third-order valence-corrected chi connectivity index (χ3v) is 5.00. The molecule has 0 saturated heterocycles. The van der Waals surface area contributed by atoms with E-state index in [1.54, 1.807) is 0 Å². The van der Waals surface area contributed by atoms with E-state index in [1.165, 1.54) is 11.1 Å². The summed E-state index contributed by atoms with van der Waals surface area (Å²) in [6.45, 7) is 4.40. The van der Waals surface area contributed by atoms with E-state index in [1.807, 2.05) is 43.3 Å². The highest BCUT2D eigenvalue weighted by Gasteiger charge is 2.14. The minimum atomic E-state index is -0.0157. The molecule has 0 fully saturated rings. The number of carbonyl (C=O) groups is 1. The topological polar surface area (TPSA) is 41.1 Å². The molecular formula is C25H28N2O. The summed E-state index contributed by atoms with van der Waals surface area (Å²) in [5, 5.41) is 6.55. The second-order valence-electron chi connectivity index (χ2n) is 7.04. The third-order valence-electron chi connectivity index (χ3n) is 5.00. The molecule has 3 rings (SSSR count). The fourth-order valence-corrected chi connectivity index (χ4v) is 3.44. The Balaban J connectivity index is 1.69. The van der Waals surface area contributed by atoms with Gasteiger partial charge in [0.25, 0.3) is 0 Å². The average Bonchev–Trinajstić information content (AvgIpc) is 2.74. The van der Waals surface area contributed by atoms with Gasteiger partial charge in [0.15, 0.2) is 0 Å². The van der Waals surface area contributed by atoms with Crippen molar-refractivity contribution in [1.29, 1.82) is 0 Å². The molecule has 0 radical (unpaired) electrons. The molecule has 0 aliphatic carbocycles. The van der Waals surface area contributed by atoms with Gasteiger partial charge in [-0.15, -0.1) is 0 Å². The second kappa shape index (κ2) is 9.86. The van der Waals surface area contributed by atoms with Gasteiger partial charge in [-0.05, 0) is 42.0 Å². The maximum Gasteiger partial charge on any atom is 0.238 e. The molecule has 0 aliphatic rings. The van der Waals surface area contributed by atoms with Crippen molar-refractivity contribution < 1.29 is 4.79 Å². The molecule has 0 bridgehead atoms.